The SMILES string of the molecule is CC(C(=O)[O-])c1cc2c(-c3ccccc3)nc3ccccc3n2c1O. The summed E-state index contributed by atoms with van der Waals surface area (Å²) in [5.41, 5.74) is 3.98. The Morgan fingerprint density at radius 2 is 1.76 bits per heavy atom. The first-order valence-corrected chi connectivity index (χ1v) is 7.97. The van der Waals surface area contributed by atoms with Crippen LogP contribution in [0.3, 0.4) is 0 Å². The largest absolute Gasteiger partial charge is 0.550 e. The monoisotopic (exact) mass is 331 g/mol. The molecule has 0 aliphatic carbocycles. The van der Waals surface area contributed by atoms with Gasteiger partial charge in [-0.25, -0.2) is 4.98 Å². The zero-order valence-electron chi connectivity index (χ0n) is 13.5. The first-order valence-electron chi connectivity index (χ1n) is 7.97. The molecule has 124 valence electrons. The number of nitrogens with zero attached hydrogens (tertiary/aromatic N) is 2. The van der Waals surface area contributed by atoms with Gasteiger partial charge in [0.15, 0.2) is 5.88 Å². The van der Waals surface area contributed by atoms with E-state index in [2.05, 4.69) is 0 Å². The highest BCUT2D eigenvalue weighted by Crippen LogP contribution is 2.36. The van der Waals surface area contributed by atoms with E-state index in [1.54, 1.807) is 10.5 Å². The van der Waals surface area contributed by atoms with Gasteiger partial charge in [0.1, 0.15) is 0 Å². The fraction of sp³-hybridized carbons (Fsp3) is 0.100. The number of benzene rings is 2. The van der Waals surface area contributed by atoms with Crippen molar-refractivity contribution in [2.24, 2.45) is 0 Å². The molecule has 2 aromatic heterocycles. The number of aliphatic carboxylic acids is 1. The second-order valence-electron chi connectivity index (χ2n) is 6.00. The van der Waals surface area contributed by atoms with Crippen molar-refractivity contribution in [2.75, 3.05) is 0 Å². The summed E-state index contributed by atoms with van der Waals surface area (Å²) >= 11 is 0. The quantitative estimate of drug-likeness (QED) is 0.626. The number of carbonyl (C=O) groups is 1. The zero-order valence-corrected chi connectivity index (χ0v) is 13.5. The van der Waals surface area contributed by atoms with Crippen molar-refractivity contribution in [3.8, 4) is 17.1 Å². The molecule has 0 radical (unpaired) electrons. The van der Waals surface area contributed by atoms with Crippen LogP contribution in [-0.4, -0.2) is 20.5 Å². The van der Waals surface area contributed by atoms with E-state index < -0.39 is 11.9 Å². The molecule has 0 saturated carbocycles. The van der Waals surface area contributed by atoms with Gasteiger partial charge >= 0.3 is 0 Å². The molecule has 5 heteroatoms. The number of hydrogen-bond acceptors (Lipinski definition) is 4. The summed E-state index contributed by atoms with van der Waals surface area (Å²) in [6, 6.07) is 18.7. The van der Waals surface area contributed by atoms with Crippen LogP contribution in [0.5, 0.6) is 5.88 Å². The summed E-state index contributed by atoms with van der Waals surface area (Å²) in [5.74, 6) is -2.26. The van der Waals surface area contributed by atoms with Gasteiger partial charge in [0.25, 0.3) is 0 Å². The van der Waals surface area contributed by atoms with Crippen LogP contribution >= 0.6 is 0 Å². The van der Waals surface area contributed by atoms with E-state index in [0.29, 0.717) is 27.8 Å². The molecule has 1 N–H and O–H groups in total. The van der Waals surface area contributed by atoms with Gasteiger partial charge in [0, 0.05) is 23.0 Å². The molecule has 1 atom stereocenters. The van der Waals surface area contributed by atoms with Crippen LogP contribution in [0.1, 0.15) is 18.4 Å². The maximum atomic E-state index is 11.3. The number of rotatable bonds is 3. The summed E-state index contributed by atoms with van der Waals surface area (Å²) in [4.78, 5) is 16.0. The van der Waals surface area contributed by atoms with Crippen molar-refractivity contribution in [1.29, 1.82) is 0 Å². The van der Waals surface area contributed by atoms with Crippen LogP contribution in [0, 0.1) is 0 Å². The van der Waals surface area contributed by atoms with Crippen LogP contribution in [-0.2, 0) is 4.79 Å². The van der Waals surface area contributed by atoms with E-state index in [4.69, 9.17) is 4.98 Å². The van der Waals surface area contributed by atoms with Gasteiger partial charge in [0.05, 0.1) is 22.2 Å². The highest BCUT2D eigenvalue weighted by molar-refractivity contribution is 5.90. The average molecular weight is 331 g/mol. The van der Waals surface area contributed by atoms with Gasteiger partial charge in [-0.2, -0.15) is 0 Å². The van der Waals surface area contributed by atoms with Gasteiger partial charge in [-0.1, -0.05) is 49.4 Å². The molecule has 0 saturated heterocycles. The maximum absolute atomic E-state index is 11.3. The second kappa shape index (κ2) is 5.63. The molecule has 1 unspecified atom stereocenters. The van der Waals surface area contributed by atoms with Crippen LogP contribution in [0.15, 0.2) is 60.7 Å². The summed E-state index contributed by atoms with van der Waals surface area (Å²) in [6.07, 6.45) is 0. The molecule has 0 aliphatic heterocycles. The highest BCUT2D eigenvalue weighted by atomic mass is 16.4. The third kappa shape index (κ3) is 2.32. The number of fused-ring (bicyclic) bond motifs is 3. The number of carboxylic acid groups (broad SMARTS) is 1. The molecular formula is C20H15N2O3-. The summed E-state index contributed by atoms with van der Waals surface area (Å²) in [5, 5.41) is 22.0. The first kappa shape index (κ1) is 15.2. The molecular weight excluding hydrogens is 316 g/mol. The van der Waals surface area contributed by atoms with Gasteiger partial charge in [0.2, 0.25) is 0 Å². The molecule has 5 nitrogen and oxygen atoms in total. The second-order valence-corrected chi connectivity index (χ2v) is 6.00. The predicted molar refractivity (Wildman–Crippen MR) is 93.2 cm³/mol. The Kier molecular flexibility index (Phi) is 3.42. The molecule has 0 spiro atoms. The lowest BCUT2D eigenvalue weighted by atomic mass is 10.0. The van der Waals surface area contributed by atoms with E-state index in [0.717, 1.165) is 5.56 Å². The van der Waals surface area contributed by atoms with Crippen molar-refractivity contribution in [1.82, 2.24) is 9.38 Å². The lowest BCUT2D eigenvalue weighted by molar-refractivity contribution is -0.307. The Morgan fingerprint density at radius 3 is 2.48 bits per heavy atom. The number of carboxylic acids is 1. The molecule has 0 amide bonds. The summed E-state index contributed by atoms with van der Waals surface area (Å²) in [7, 11) is 0. The molecule has 0 bridgehead atoms. The Balaban J connectivity index is 2.15. The van der Waals surface area contributed by atoms with E-state index >= 15 is 0 Å². The minimum Gasteiger partial charge on any atom is -0.550 e. The molecule has 0 fully saturated rings. The number of carbonyl (C=O) groups excluding carboxylic acids is 1. The summed E-state index contributed by atoms with van der Waals surface area (Å²) in [6.45, 7) is 1.50. The zero-order chi connectivity index (χ0) is 17.6. The van der Waals surface area contributed by atoms with Crippen molar-refractivity contribution in [3.05, 3.63) is 66.2 Å². The third-order valence-electron chi connectivity index (χ3n) is 4.47. The van der Waals surface area contributed by atoms with Crippen molar-refractivity contribution in [2.45, 2.75) is 12.8 Å². The van der Waals surface area contributed by atoms with Crippen molar-refractivity contribution < 1.29 is 15.0 Å². The lowest BCUT2D eigenvalue weighted by Gasteiger charge is -2.11. The number of hydrogen-bond donors (Lipinski definition) is 1. The first-order chi connectivity index (χ1) is 12.1. The van der Waals surface area contributed by atoms with Gasteiger partial charge < -0.3 is 15.0 Å². The normalized spacial score (nSPS) is 12.5. The van der Waals surface area contributed by atoms with Crippen LogP contribution < -0.4 is 5.11 Å². The van der Waals surface area contributed by atoms with Crippen LogP contribution in [0.2, 0.25) is 0 Å². The molecule has 25 heavy (non-hydrogen) atoms. The van der Waals surface area contributed by atoms with Gasteiger partial charge in [-0.15, -0.1) is 0 Å². The minimum absolute atomic E-state index is 0.0949. The lowest BCUT2D eigenvalue weighted by Crippen LogP contribution is -2.27. The number of aromatic hydroxyl groups is 1. The fourth-order valence-corrected chi connectivity index (χ4v) is 3.12. The van der Waals surface area contributed by atoms with Crippen LogP contribution in [0.4, 0.5) is 0 Å². The molecule has 0 aliphatic rings. The third-order valence-corrected chi connectivity index (χ3v) is 4.47. The molecule has 2 aromatic carbocycles. The Bertz CT molecular complexity index is 1100. The predicted octanol–water partition coefficient (Wildman–Crippen LogP) is 2.71. The average Bonchev–Trinajstić information content (AvgIpc) is 2.98. The molecule has 4 aromatic rings. The Hall–Kier alpha value is -3.34. The van der Waals surface area contributed by atoms with Crippen molar-refractivity contribution >= 4 is 22.5 Å². The van der Waals surface area contributed by atoms with E-state index in [1.807, 2.05) is 54.6 Å². The molecule has 4 rings (SSSR count). The van der Waals surface area contributed by atoms with E-state index in [9.17, 15) is 15.0 Å². The maximum Gasteiger partial charge on any atom is 0.200 e. The fourth-order valence-electron chi connectivity index (χ4n) is 3.12. The topological polar surface area (TPSA) is 77.7 Å². The van der Waals surface area contributed by atoms with E-state index in [-0.39, 0.29) is 5.88 Å². The van der Waals surface area contributed by atoms with Gasteiger partial charge in [-0.3, -0.25) is 4.40 Å². The standard InChI is InChI=1S/C20H16N2O3/c1-12(20(24)25)14-11-17-18(13-7-3-2-4-8-13)21-15-9-5-6-10-16(15)22(17)19(14)23/h2-12,23H,1H3,(H,24,25)/p-1. The molecule has 2 heterocycles. The highest BCUT2D eigenvalue weighted by Gasteiger charge is 2.21. The van der Waals surface area contributed by atoms with Crippen molar-refractivity contribution in [3.63, 3.8) is 0 Å². The summed E-state index contributed by atoms with van der Waals surface area (Å²) < 4.78 is 1.65. The van der Waals surface area contributed by atoms with E-state index in [1.165, 1.54) is 6.92 Å². The number of aromatic nitrogens is 2. The Labute approximate surface area is 143 Å². The number of para-hydroxylation sites is 2. The smallest absolute Gasteiger partial charge is 0.200 e. The Morgan fingerprint density at radius 1 is 1.08 bits per heavy atom. The van der Waals surface area contributed by atoms with Gasteiger partial charge in [-0.05, 0) is 18.2 Å². The van der Waals surface area contributed by atoms with Crippen LogP contribution in [0.25, 0.3) is 27.8 Å². The minimum atomic E-state index is -1.23.